The lowest BCUT2D eigenvalue weighted by Gasteiger charge is -2.27. The molecule has 1 aliphatic rings. The van der Waals surface area contributed by atoms with Crippen LogP contribution in [0.15, 0.2) is 66.7 Å². The molecule has 1 saturated heterocycles. The fourth-order valence-electron chi connectivity index (χ4n) is 5.09. The van der Waals surface area contributed by atoms with E-state index in [9.17, 15) is 9.59 Å². The fourth-order valence-corrected chi connectivity index (χ4v) is 5.09. The van der Waals surface area contributed by atoms with Crippen molar-refractivity contribution in [2.75, 3.05) is 19.6 Å². The Labute approximate surface area is 189 Å². The second kappa shape index (κ2) is 9.53. The number of nitrogens with two attached hydrogens (primary N) is 1. The number of primary amides is 1. The van der Waals surface area contributed by atoms with Crippen LogP contribution in [-0.4, -0.2) is 35.9 Å². The van der Waals surface area contributed by atoms with Gasteiger partial charge in [-0.05, 0) is 43.9 Å². The van der Waals surface area contributed by atoms with Crippen molar-refractivity contribution in [1.82, 2.24) is 4.57 Å². The van der Waals surface area contributed by atoms with Gasteiger partial charge in [0.25, 0.3) is 0 Å². The zero-order valence-electron chi connectivity index (χ0n) is 18.9. The summed E-state index contributed by atoms with van der Waals surface area (Å²) in [6, 6.07) is 22.8. The van der Waals surface area contributed by atoms with Crippen molar-refractivity contribution in [2.45, 2.75) is 32.7 Å². The number of aryl methyl sites for hydroxylation is 1. The highest BCUT2D eigenvalue weighted by molar-refractivity contribution is 5.98. The van der Waals surface area contributed by atoms with Crippen molar-refractivity contribution in [3.05, 3.63) is 94.8 Å². The first-order chi connectivity index (χ1) is 15.5. The minimum Gasteiger partial charge on any atom is -0.369 e. The maximum absolute atomic E-state index is 13.3. The Hall–Kier alpha value is -3.18. The molecule has 4 rings (SSSR count). The SMILES string of the molecule is Cc1cc(C(=O)C[NH+]2CCC[C@H](C(N)=O)C2)c(C)n1C(c1ccccc1)c1ccccc1. The Morgan fingerprint density at radius 2 is 1.62 bits per heavy atom. The molecule has 0 spiro atoms. The van der Waals surface area contributed by atoms with Crippen molar-refractivity contribution in [3.8, 4) is 0 Å². The molecule has 1 fully saturated rings. The second-order valence-corrected chi connectivity index (χ2v) is 8.92. The first-order valence-electron chi connectivity index (χ1n) is 11.4. The second-order valence-electron chi connectivity index (χ2n) is 8.92. The molecule has 2 heterocycles. The largest absolute Gasteiger partial charge is 0.369 e. The van der Waals surface area contributed by atoms with Gasteiger partial charge < -0.3 is 15.2 Å². The molecule has 0 saturated carbocycles. The highest BCUT2D eigenvalue weighted by atomic mass is 16.1. The number of aromatic nitrogens is 1. The van der Waals surface area contributed by atoms with Crippen molar-refractivity contribution in [3.63, 3.8) is 0 Å². The minimum atomic E-state index is -0.249. The molecule has 5 heteroatoms. The van der Waals surface area contributed by atoms with Gasteiger partial charge >= 0.3 is 0 Å². The maximum Gasteiger partial charge on any atom is 0.226 e. The van der Waals surface area contributed by atoms with E-state index in [0.29, 0.717) is 13.1 Å². The highest BCUT2D eigenvalue weighted by Gasteiger charge is 2.30. The summed E-state index contributed by atoms with van der Waals surface area (Å²) in [5, 5.41) is 0. The summed E-state index contributed by atoms with van der Waals surface area (Å²) in [5.41, 5.74) is 10.7. The average Bonchev–Trinajstić information content (AvgIpc) is 3.10. The molecule has 2 atom stereocenters. The summed E-state index contributed by atoms with van der Waals surface area (Å²) in [5.74, 6) is -0.245. The Morgan fingerprint density at radius 3 is 2.19 bits per heavy atom. The number of carbonyl (C=O) groups excluding carboxylic acids is 2. The zero-order valence-corrected chi connectivity index (χ0v) is 18.9. The molecular formula is C27H32N3O2+. The molecule has 1 unspecified atom stereocenters. The minimum absolute atomic E-state index is 0.000487. The summed E-state index contributed by atoms with van der Waals surface area (Å²) in [4.78, 5) is 26.1. The number of Topliss-reactive ketones (excluding diaryl/α,β-unsaturated/α-hetero) is 1. The van der Waals surface area contributed by atoms with Gasteiger partial charge in [-0.3, -0.25) is 9.59 Å². The van der Waals surface area contributed by atoms with Crippen LogP contribution < -0.4 is 10.6 Å². The molecule has 166 valence electrons. The van der Waals surface area contributed by atoms with Crippen molar-refractivity contribution in [2.24, 2.45) is 11.7 Å². The summed E-state index contributed by atoms with van der Waals surface area (Å²) >= 11 is 0. The summed E-state index contributed by atoms with van der Waals surface area (Å²) in [6.45, 7) is 6.06. The predicted octanol–water partition coefficient (Wildman–Crippen LogP) is 2.71. The van der Waals surface area contributed by atoms with Crippen LogP contribution in [-0.2, 0) is 4.79 Å². The third-order valence-electron chi connectivity index (χ3n) is 6.70. The van der Waals surface area contributed by atoms with Gasteiger partial charge in [0.2, 0.25) is 11.7 Å². The number of ketones is 1. The third-order valence-corrected chi connectivity index (χ3v) is 6.70. The lowest BCUT2D eigenvalue weighted by molar-refractivity contribution is -0.898. The van der Waals surface area contributed by atoms with Crippen LogP contribution in [0.3, 0.4) is 0 Å². The van der Waals surface area contributed by atoms with Gasteiger partial charge in [-0.1, -0.05) is 60.7 Å². The lowest BCUT2D eigenvalue weighted by Crippen LogP contribution is -3.14. The molecule has 32 heavy (non-hydrogen) atoms. The number of rotatable bonds is 7. The fraction of sp³-hybridized carbons (Fsp3) is 0.333. The summed E-state index contributed by atoms with van der Waals surface area (Å²) in [7, 11) is 0. The molecule has 1 aromatic heterocycles. The summed E-state index contributed by atoms with van der Waals surface area (Å²) < 4.78 is 2.27. The van der Waals surface area contributed by atoms with Crippen molar-refractivity contribution in [1.29, 1.82) is 0 Å². The first kappa shape index (κ1) is 22.0. The number of piperidine rings is 1. The quantitative estimate of drug-likeness (QED) is 0.566. The Morgan fingerprint density at radius 1 is 1.03 bits per heavy atom. The topological polar surface area (TPSA) is 69.5 Å². The molecule has 1 amide bonds. The van der Waals surface area contributed by atoms with Gasteiger partial charge in [-0.2, -0.15) is 0 Å². The first-order valence-corrected chi connectivity index (χ1v) is 11.4. The van der Waals surface area contributed by atoms with Crippen LogP contribution in [0.5, 0.6) is 0 Å². The van der Waals surface area contributed by atoms with Gasteiger partial charge in [0, 0.05) is 17.0 Å². The van der Waals surface area contributed by atoms with Crippen LogP contribution in [0, 0.1) is 19.8 Å². The molecular weight excluding hydrogens is 398 g/mol. The predicted molar refractivity (Wildman–Crippen MR) is 126 cm³/mol. The van der Waals surface area contributed by atoms with Gasteiger partial charge in [0.15, 0.2) is 0 Å². The normalized spacial score (nSPS) is 18.6. The van der Waals surface area contributed by atoms with Crippen molar-refractivity contribution >= 4 is 11.7 Å². The number of hydrogen-bond donors (Lipinski definition) is 2. The van der Waals surface area contributed by atoms with E-state index in [4.69, 9.17) is 5.73 Å². The molecule has 2 aromatic carbocycles. The molecule has 5 nitrogen and oxygen atoms in total. The van der Waals surface area contributed by atoms with E-state index < -0.39 is 0 Å². The number of carbonyl (C=O) groups is 2. The average molecular weight is 431 g/mol. The number of nitrogens with zero attached hydrogens (tertiary/aromatic N) is 1. The van der Waals surface area contributed by atoms with Crippen LogP contribution in [0.4, 0.5) is 0 Å². The highest BCUT2D eigenvalue weighted by Crippen LogP contribution is 2.31. The number of benzene rings is 2. The van der Waals surface area contributed by atoms with Gasteiger partial charge in [0.1, 0.15) is 6.54 Å². The molecule has 0 radical (unpaired) electrons. The number of amides is 1. The Balaban J connectivity index is 1.65. The van der Waals surface area contributed by atoms with E-state index in [1.165, 1.54) is 11.1 Å². The smallest absolute Gasteiger partial charge is 0.226 e. The van der Waals surface area contributed by atoms with E-state index in [2.05, 4.69) is 60.0 Å². The van der Waals surface area contributed by atoms with E-state index in [1.54, 1.807) is 0 Å². The van der Waals surface area contributed by atoms with Crippen LogP contribution >= 0.6 is 0 Å². The van der Waals surface area contributed by atoms with Gasteiger partial charge in [0.05, 0.1) is 25.0 Å². The standard InChI is InChI=1S/C27H31N3O2/c1-19-16-24(25(31)18-29-15-9-14-23(17-29)27(28)32)20(2)30(19)26(21-10-5-3-6-11-21)22-12-7-4-8-13-22/h3-8,10-13,16,23,26H,9,14-15,17-18H2,1-2H3,(H2,28,32)/p+1/t23-/m0/s1. The monoisotopic (exact) mass is 430 g/mol. The molecule has 3 aromatic rings. The van der Waals surface area contributed by atoms with E-state index in [1.807, 2.05) is 25.1 Å². The van der Waals surface area contributed by atoms with E-state index in [0.717, 1.165) is 41.2 Å². The third kappa shape index (κ3) is 4.53. The molecule has 0 bridgehead atoms. The van der Waals surface area contributed by atoms with E-state index >= 15 is 0 Å². The van der Waals surface area contributed by atoms with Gasteiger partial charge in [-0.25, -0.2) is 0 Å². The number of likely N-dealkylation sites (tertiary alicyclic amines) is 1. The number of nitrogens with one attached hydrogen (secondary N) is 1. The molecule has 0 aliphatic carbocycles. The summed E-state index contributed by atoms with van der Waals surface area (Å²) in [6.07, 6.45) is 1.76. The number of quaternary nitrogens is 1. The molecule has 3 N–H and O–H groups in total. The maximum atomic E-state index is 13.3. The Kier molecular flexibility index (Phi) is 6.56. The van der Waals surface area contributed by atoms with Gasteiger partial charge in [-0.15, -0.1) is 0 Å². The lowest BCUT2D eigenvalue weighted by atomic mass is 9.97. The number of hydrogen-bond acceptors (Lipinski definition) is 2. The zero-order chi connectivity index (χ0) is 22.7. The van der Waals surface area contributed by atoms with Crippen molar-refractivity contribution < 1.29 is 14.5 Å². The van der Waals surface area contributed by atoms with E-state index in [-0.39, 0.29) is 23.7 Å². The molecule has 1 aliphatic heterocycles. The Bertz CT molecular complexity index is 1050. The van der Waals surface area contributed by atoms with Crippen LogP contribution in [0.2, 0.25) is 0 Å². The van der Waals surface area contributed by atoms with Crippen LogP contribution in [0.1, 0.15) is 51.8 Å². The van der Waals surface area contributed by atoms with Crippen LogP contribution in [0.25, 0.3) is 0 Å².